The quantitative estimate of drug-likeness (QED) is 0.901. The lowest BCUT2D eigenvalue weighted by Gasteiger charge is -2.26. The predicted molar refractivity (Wildman–Crippen MR) is 69.2 cm³/mol. The summed E-state index contributed by atoms with van der Waals surface area (Å²) in [4.78, 5) is 0. The number of nitrogens with two attached hydrogens (primary N) is 1. The second-order valence-electron chi connectivity index (χ2n) is 4.68. The van der Waals surface area contributed by atoms with Gasteiger partial charge < -0.3 is 10.5 Å². The minimum absolute atomic E-state index is 0.0630. The molecule has 0 amide bonds. The van der Waals surface area contributed by atoms with E-state index in [9.17, 15) is 13.2 Å². The lowest BCUT2D eigenvalue weighted by atomic mass is 9.95. The lowest BCUT2D eigenvalue weighted by Crippen LogP contribution is -2.44. The molecule has 0 bridgehead atoms. The second kappa shape index (κ2) is 6.14. The molecule has 0 aliphatic rings. The first-order chi connectivity index (χ1) is 9.25. The van der Waals surface area contributed by atoms with Crippen molar-refractivity contribution in [2.45, 2.75) is 38.4 Å². The summed E-state index contributed by atoms with van der Waals surface area (Å²) in [5.74, 6) is 0.0630. The molecule has 1 aromatic rings. The summed E-state index contributed by atoms with van der Waals surface area (Å²) >= 11 is 0. The maximum absolute atomic E-state index is 12.8. The highest BCUT2D eigenvalue weighted by Crippen LogP contribution is 2.34. The highest BCUT2D eigenvalue weighted by atomic mass is 19.4. The van der Waals surface area contributed by atoms with E-state index >= 15 is 0 Å². The highest BCUT2D eigenvalue weighted by molar-refractivity contribution is 5.44. The Morgan fingerprint density at radius 3 is 2.30 bits per heavy atom. The van der Waals surface area contributed by atoms with E-state index < -0.39 is 22.8 Å². The highest BCUT2D eigenvalue weighted by Gasteiger charge is 2.34. The van der Waals surface area contributed by atoms with Crippen molar-refractivity contribution in [3.8, 4) is 11.8 Å². The van der Waals surface area contributed by atoms with Gasteiger partial charge in [-0.15, -0.1) is 0 Å². The van der Waals surface area contributed by atoms with Crippen LogP contribution in [-0.2, 0) is 6.18 Å². The summed E-state index contributed by atoms with van der Waals surface area (Å²) in [6.07, 6.45) is -3.27. The fourth-order valence-corrected chi connectivity index (χ4v) is 1.63. The zero-order chi connectivity index (χ0) is 15.4. The third kappa shape index (κ3) is 3.87. The second-order valence-corrected chi connectivity index (χ2v) is 4.68. The predicted octanol–water partition coefficient (Wildman–Crippen LogP) is 3.47. The van der Waals surface area contributed by atoms with Crippen LogP contribution in [0.5, 0.6) is 5.75 Å². The van der Waals surface area contributed by atoms with E-state index in [-0.39, 0.29) is 12.4 Å². The van der Waals surface area contributed by atoms with Crippen molar-refractivity contribution in [3.05, 3.63) is 29.3 Å². The standard InChI is InChI=1S/C14H17F3N2O/c1-3-13(19,4-2)9-20-11-6-5-10(8-18)12(7-11)14(15,16)17/h5-7H,3-4,9,19H2,1-2H3. The average Bonchev–Trinajstić information content (AvgIpc) is 2.43. The lowest BCUT2D eigenvalue weighted by molar-refractivity contribution is -0.137. The zero-order valence-corrected chi connectivity index (χ0v) is 11.4. The molecule has 0 saturated carbocycles. The summed E-state index contributed by atoms with van der Waals surface area (Å²) in [5, 5.41) is 8.70. The molecule has 0 spiro atoms. The first-order valence-electron chi connectivity index (χ1n) is 6.28. The van der Waals surface area contributed by atoms with E-state index in [0.29, 0.717) is 12.8 Å². The minimum Gasteiger partial charge on any atom is -0.492 e. The smallest absolute Gasteiger partial charge is 0.417 e. The maximum Gasteiger partial charge on any atom is 0.417 e. The largest absolute Gasteiger partial charge is 0.492 e. The first kappa shape index (κ1) is 16.3. The van der Waals surface area contributed by atoms with E-state index in [1.54, 1.807) is 0 Å². The number of halogens is 3. The van der Waals surface area contributed by atoms with Crippen LogP contribution in [0.4, 0.5) is 13.2 Å². The number of alkyl halides is 3. The van der Waals surface area contributed by atoms with Gasteiger partial charge in [0.25, 0.3) is 0 Å². The van der Waals surface area contributed by atoms with Gasteiger partial charge >= 0.3 is 6.18 Å². The van der Waals surface area contributed by atoms with E-state index in [1.165, 1.54) is 12.1 Å². The Kier molecular flexibility index (Phi) is 5.01. The van der Waals surface area contributed by atoms with Gasteiger partial charge in [0.2, 0.25) is 0 Å². The Bertz CT molecular complexity index is 502. The number of ether oxygens (including phenoxy) is 1. The molecule has 0 saturated heterocycles. The summed E-state index contributed by atoms with van der Waals surface area (Å²) in [6, 6.07) is 4.81. The fraction of sp³-hybridized carbons (Fsp3) is 0.500. The van der Waals surface area contributed by atoms with Crippen LogP contribution in [0.1, 0.15) is 37.8 Å². The molecule has 0 fully saturated rings. The van der Waals surface area contributed by atoms with Gasteiger partial charge in [-0.3, -0.25) is 0 Å². The van der Waals surface area contributed by atoms with Crippen LogP contribution in [0.15, 0.2) is 18.2 Å². The van der Waals surface area contributed by atoms with E-state index in [0.717, 1.165) is 12.1 Å². The minimum atomic E-state index is -4.58. The molecule has 0 atom stereocenters. The molecule has 0 aliphatic carbocycles. The van der Waals surface area contributed by atoms with Crippen LogP contribution in [0.25, 0.3) is 0 Å². The molecule has 0 radical (unpaired) electrons. The number of nitrogens with zero attached hydrogens (tertiary/aromatic N) is 1. The zero-order valence-electron chi connectivity index (χ0n) is 11.4. The molecule has 110 valence electrons. The normalized spacial score (nSPS) is 12.1. The Hall–Kier alpha value is -1.74. The average molecular weight is 286 g/mol. The molecule has 0 heterocycles. The molecular weight excluding hydrogens is 269 g/mol. The molecule has 20 heavy (non-hydrogen) atoms. The van der Waals surface area contributed by atoms with Crippen molar-refractivity contribution in [1.29, 1.82) is 5.26 Å². The van der Waals surface area contributed by atoms with Crippen molar-refractivity contribution < 1.29 is 17.9 Å². The summed E-state index contributed by atoms with van der Waals surface area (Å²) < 4.78 is 43.7. The number of hydrogen-bond donors (Lipinski definition) is 1. The Morgan fingerprint density at radius 1 is 1.25 bits per heavy atom. The fourth-order valence-electron chi connectivity index (χ4n) is 1.63. The monoisotopic (exact) mass is 286 g/mol. The SMILES string of the molecule is CCC(N)(CC)COc1ccc(C#N)c(C(F)(F)F)c1. The van der Waals surface area contributed by atoms with E-state index in [4.69, 9.17) is 15.7 Å². The van der Waals surface area contributed by atoms with Crippen LogP contribution in [0.2, 0.25) is 0 Å². The van der Waals surface area contributed by atoms with Gasteiger partial charge in [-0.1, -0.05) is 13.8 Å². The Balaban J connectivity index is 2.97. The molecular formula is C14H17F3N2O. The van der Waals surface area contributed by atoms with Gasteiger partial charge in [-0.05, 0) is 31.0 Å². The molecule has 3 nitrogen and oxygen atoms in total. The van der Waals surface area contributed by atoms with Crippen molar-refractivity contribution in [2.75, 3.05) is 6.61 Å². The Labute approximate surface area is 116 Å². The van der Waals surface area contributed by atoms with Crippen LogP contribution in [0.3, 0.4) is 0 Å². The third-order valence-electron chi connectivity index (χ3n) is 3.35. The van der Waals surface area contributed by atoms with Gasteiger partial charge in [0.05, 0.1) is 17.2 Å². The third-order valence-corrected chi connectivity index (χ3v) is 3.35. The molecule has 0 aromatic heterocycles. The van der Waals surface area contributed by atoms with Gasteiger partial charge in [0.15, 0.2) is 0 Å². The van der Waals surface area contributed by atoms with E-state index in [2.05, 4.69) is 0 Å². The van der Waals surface area contributed by atoms with Crippen LogP contribution >= 0.6 is 0 Å². The van der Waals surface area contributed by atoms with Crippen molar-refractivity contribution in [3.63, 3.8) is 0 Å². The summed E-state index contributed by atoms with van der Waals surface area (Å²) in [7, 11) is 0. The maximum atomic E-state index is 12.8. The molecule has 1 rings (SSSR count). The van der Waals surface area contributed by atoms with Crippen LogP contribution in [-0.4, -0.2) is 12.1 Å². The molecule has 6 heteroatoms. The molecule has 1 aromatic carbocycles. The topological polar surface area (TPSA) is 59.0 Å². The first-order valence-corrected chi connectivity index (χ1v) is 6.28. The van der Waals surface area contributed by atoms with Gasteiger partial charge in [0.1, 0.15) is 12.4 Å². The number of benzene rings is 1. The van der Waals surface area contributed by atoms with Gasteiger partial charge in [-0.25, -0.2) is 0 Å². The molecule has 0 aliphatic heterocycles. The number of hydrogen-bond acceptors (Lipinski definition) is 3. The summed E-state index contributed by atoms with van der Waals surface area (Å²) in [5.41, 5.74) is 4.05. The number of nitriles is 1. The van der Waals surface area contributed by atoms with E-state index in [1.807, 2.05) is 13.8 Å². The van der Waals surface area contributed by atoms with Crippen molar-refractivity contribution >= 4 is 0 Å². The number of rotatable bonds is 5. The van der Waals surface area contributed by atoms with Crippen LogP contribution in [0, 0.1) is 11.3 Å². The molecule has 0 unspecified atom stereocenters. The molecule has 2 N–H and O–H groups in total. The van der Waals surface area contributed by atoms with Crippen LogP contribution < -0.4 is 10.5 Å². The summed E-state index contributed by atoms with van der Waals surface area (Å²) in [6.45, 7) is 3.92. The Morgan fingerprint density at radius 2 is 1.85 bits per heavy atom. The van der Waals surface area contributed by atoms with Crippen molar-refractivity contribution in [2.24, 2.45) is 5.73 Å². The van der Waals surface area contributed by atoms with Gasteiger partial charge in [-0.2, -0.15) is 18.4 Å². The van der Waals surface area contributed by atoms with Gasteiger partial charge in [0, 0.05) is 5.54 Å². The van der Waals surface area contributed by atoms with Crippen molar-refractivity contribution in [1.82, 2.24) is 0 Å².